The molecule has 142 valence electrons. The second-order valence-electron chi connectivity index (χ2n) is 5.49. The van der Waals surface area contributed by atoms with Crippen molar-refractivity contribution >= 4 is 28.8 Å². The maximum atomic E-state index is 13.7. The normalized spacial score (nSPS) is 11.9. The first-order valence-electron chi connectivity index (χ1n) is 7.21. The Morgan fingerprint density at radius 2 is 1.85 bits per heavy atom. The molecule has 0 unspecified atom stereocenters. The standard InChI is InChI=1S/C16H8ClF6N3O/c1-6-13(15(27)25-10-3-2-9(18)11(19)12(10)20)26-5-7(16(21,22)23)4-8(17)14(26)24-6/h2-5H,1H3,(H,25,27). The van der Waals surface area contributed by atoms with Crippen molar-refractivity contribution < 1.29 is 31.1 Å². The van der Waals surface area contributed by atoms with Crippen molar-refractivity contribution in [1.29, 1.82) is 0 Å². The van der Waals surface area contributed by atoms with E-state index >= 15 is 0 Å². The Bertz CT molecular complexity index is 1080. The second kappa shape index (κ2) is 6.45. The van der Waals surface area contributed by atoms with E-state index < -0.39 is 40.8 Å². The molecule has 1 N–H and O–H groups in total. The molecule has 0 atom stereocenters. The number of carbonyl (C=O) groups is 1. The number of anilines is 1. The number of nitrogens with one attached hydrogen (secondary N) is 1. The number of alkyl halides is 3. The fraction of sp³-hybridized carbons (Fsp3) is 0.125. The third-order valence-electron chi connectivity index (χ3n) is 3.68. The van der Waals surface area contributed by atoms with Crippen LogP contribution in [0.4, 0.5) is 32.0 Å². The van der Waals surface area contributed by atoms with Crippen molar-refractivity contribution in [2.45, 2.75) is 13.1 Å². The van der Waals surface area contributed by atoms with Crippen LogP contribution in [0.25, 0.3) is 5.65 Å². The maximum Gasteiger partial charge on any atom is 0.417 e. The molecular formula is C16H8ClF6N3O. The zero-order valence-corrected chi connectivity index (χ0v) is 14.0. The first-order valence-corrected chi connectivity index (χ1v) is 7.58. The van der Waals surface area contributed by atoms with Crippen LogP contribution in [-0.2, 0) is 6.18 Å². The number of nitrogens with zero attached hydrogens (tertiary/aromatic N) is 2. The molecule has 0 saturated heterocycles. The highest BCUT2D eigenvalue weighted by molar-refractivity contribution is 6.33. The van der Waals surface area contributed by atoms with Gasteiger partial charge in [0.1, 0.15) is 5.69 Å². The first kappa shape index (κ1) is 19.0. The summed E-state index contributed by atoms with van der Waals surface area (Å²) in [6.07, 6.45) is -4.13. The van der Waals surface area contributed by atoms with Gasteiger partial charge in [0.15, 0.2) is 23.1 Å². The van der Waals surface area contributed by atoms with Gasteiger partial charge in [0.2, 0.25) is 0 Å². The molecule has 0 aliphatic carbocycles. The minimum Gasteiger partial charge on any atom is -0.318 e. The molecule has 3 rings (SSSR count). The highest BCUT2D eigenvalue weighted by Gasteiger charge is 2.33. The first-order chi connectivity index (χ1) is 12.5. The highest BCUT2D eigenvalue weighted by Crippen LogP contribution is 2.33. The van der Waals surface area contributed by atoms with E-state index in [4.69, 9.17) is 11.6 Å². The second-order valence-corrected chi connectivity index (χ2v) is 5.90. The average Bonchev–Trinajstić information content (AvgIpc) is 2.91. The number of amides is 1. The van der Waals surface area contributed by atoms with Gasteiger partial charge in [-0.25, -0.2) is 18.2 Å². The molecule has 0 aliphatic rings. The summed E-state index contributed by atoms with van der Waals surface area (Å²) in [6, 6.07) is 2.02. The number of aryl methyl sites for hydroxylation is 1. The topological polar surface area (TPSA) is 46.4 Å². The predicted octanol–water partition coefficient (Wildman–Crippen LogP) is 4.98. The molecule has 0 radical (unpaired) electrons. The maximum absolute atomic E-state index is 13.7. The molecular weight excluding hydrogens is 400 g/mol. The number of aromatic nitrogens is 2. The quantitative estimate of drug-likeness (QED) is 0.481. The highest BCUT2D eigenvalue weighted by atomic mass is 35.5. The van der Waals surface area contributed by atoms with Gasteiger partial charge in [-0.05, 0) is 25.1 Å². The minimum atomic E-state index is -4.74. The van der Waals surface area contributed by atoms with Gasteiger partial charge in [0, 0.05) is 6.20 Å². The summed E-state index contributed by atoms with van der Waals surface area (Å²) in [4.78, 5) is 16.4. The number of hydrogen-bond acceptors (Lipinski definition) is 2. The number of hydrogen-bond donors (Lipinski definition) is 1. The summed E-state index contributed by atoms with van der Waals surface area (Å²) in [5, 5.41) is 1.63. The Hall–Kier alpha value is -2.75. The number of pyridine rings is 1. The van der Waals surface area contributed by atoms with Crippen LogP contribution in [0.1, 0.15) is 21.7 Å². The minimum absolute atomic E-state index is 0.00304. The van der Waals surface area contributed by atoms with Crippen molar-refractivity contribution in [2.24, 2.45) is 0 Å². The lowest BCUT2D eigenvalue weighted by molar-refractivity contribution is -0.137. The Labute approximate surface area is 152 Å². The molecule has 1 aromatic carbocycles. The van der Waals surface area contributed by atoms with Crippen LogP contribution >= 0.6 is 11.6 Å². The number of carbonyl (C=O) groups excluding carboxylic acids is 1. The fourth-order valence-electron chi connectivity index (χ4n) is 2.45. The number of rotatable bonds is 2. The fourth-order valence-corrected chi connectivity index (χ4v) is 2.70. The molecule has 0 aliphatic heterocycles. The van der Waals surface area contributed by atoms with E-state index in [1.165, 1.54) is 6.92 Å². The summed E-state index contributed by atoms with van der Waals surface area (Å²) >= 11 is 5.82. The zero-order chi connectivity index (χ0) is 20.1. The number of fused-ring (bicyclic) bond motifs is 1. The van der Waals surface area contributed by atoms with E-state index in [1.54, 1.807) is 0 Å². The Kier molecular flexibility index (Phi) is 4.54. The van der Waals surface area contributed by atoms with Crippen LogP contribution in [0.3, 0.4) is 0 Å². The molecule has 2 aromatic heterocycles. The van der Waals surface area contributed by atoms with Crippen molar-refractivity contribution in [2.75, 3.05) is 5.32 Å². The average molecular weight is 408 g/mol. The Balaban J connectivity index is 2.11. The van der Waals surface area contributed by atoms with Crippen LogP contribution in [0.15, 0.2) is 24.4 Å². The van der Waals surface area contributed by atoms with Crippen LogP contribution in [0.5, 0.6) is 0 Å². The SMILES string of the molecule is Cc1nc2c(Cl)cc(C(F)(F)F)cn2c1C(=O)Nc1ccc(F)c(F)c1F. The third kappa shape index (κ3) is 3.32. The van der Waals surface area contributed by atoms with E-state index in [9.17, 15) is 31.1 Å². The molecule has 0 fully saturated rings. The van der Waals surface area contributed by atoms with Gasteiger partial charge in [0.05, 0.1) is 22.0 Å². The lowest BCUT2D eigenvalue weighted by Gasteiger charge is -2.11. The molecule has 0 spiro atoms. The third-order valence-corrected chi connectivity index (χ3v) is 3.95. The van der Waals surface area contributed by atoms with E-state index in [1.807, 2.05) is 5.32 Å². The molecule has 2 heterocycles. The van der Waals surface area contributed by atoms with E-state index in [0.717, 1.165) is 10.5 Å². The summed E-state index contributed by atoms with van der Waals surface area (Å²) in [7, 11) is 0. The van der Waals surface area contributed by atoms with Crippen LogP contribution in [0, 0.1) is 24.4 Å². The molecule has 11 heteroatoms. The van der Waals surface area contributed by atoms with Gasteiger partial charge in [-0.15, -0.1) is 0 Å². The van der Waals surface area contributed by atoms with Crippen molar-refractivity contribution in [3.63, 3.8) is 0 Å². The van der Waals surface area contributed by atoms with Gasteiger partial charge in [-0.1, -0.05) is 11.6 Å². The molecule has 1 amide bonds. The molecule has 4 nitrogen and oxygen atoms in total. The lowest BCUT2D eigenvalue weighted by Crippen LogP contribution is -2.18. The van der Waals surface area contributed by atoms with Gasteiger partial charge in [-0.2, -0.15) is 13.2 Å². The zero-order valence-electron chi connectivity index (χ0n) is 13.3. The van der Waals surface area contributed by atoms with E-state index in [-0.39, 0.29) is 22.1 Å². The number of imidazole rings is 1. The van der Waals surface area contributed by atoms with Crippen LogP contribution < -0.4 is 5.32 Å². The smallest absolute Gasteiger partial charge is 0.318 e. The van der Waals surface area contributed by atoms with Gasteiger partial charge >= 0.3 is 6.18 Å². The molecule has 3 aromatic rings. The summed E-state index contributed by atoms with van der Waals surface area (Å²) in [5.74, 6) is -5.99. The van der Waals surface area contributed by atoms with Crippen LogP contribution in [0.2, 0.25) is 5.02 Å². The van der Waals surface area contributed by atoms with Crippen molar-refractivity contribution in [3.05, 3.63) is 63.8 Å². The molecule has 0 bridgehead atoms. The summed E-state index contributed by atoms with van der Waals surface area (Å²) in [5.41, 5.74) is -2.33. The van der Waals surface area contributed by atoms with E-state index in [0.29, 0.717) is 18.3 Å². The molecule has 0 saturated carbocycles. The van der Waals surface area contributed by atoms with Gasteiger partial charge in [0.25, 0.3) is 5.91 Å². The summed E-state index contributed by atoms with van der Waals surface area (Å²) in [6.45, 7) is 1.33. The number of benzene rings is 1. The molecule has 27 heavy (non-hydrogen) atoms. The number of halogens is 7. The Morgan fingerprint density at radius 1 is 1.19 bits per heavy atom. The monoisotopic (exact) mass is 407 g/mol. The van der Waals surface area contributed by atoms with Crippen molar-refractivity contribution in [1.82, 2.24) is 9.38 Å². The van der Waals surface area contributed by atoms with Crippen LogP contribution in [-0.4, -0.2) is 15.3 Å². The summed E-state index contributed by atoms with van der Waals surface area (Å²) < 4.78 is 79.8. The lowest BCUT2D eigenvalue weighted by atomic mass is 10.2. The largest absolute Gasteiger partial charge is 0.417 e. The van der Waals surface area contributed by atoms with Gasteiger partial charge < -0.3 is 5.32 Å². The Morgan fingerprint density at radius 3 is 2.48 bits per heavy atom. The van der Waals surface area contributed by atoms with Crippen molar-refractivity contribution in [3.8, 4) is 0 Å². The van der Waals surface area contributed by atoms with Gasteiger partial charge in [-0.3, -0.25) is 9.20 Å². The van der Waals surface area contributed by atoms with E-state index in [2.05, 4.69) is 4.98 Å². The predicted molar refractivity (Wildman–Crippen MR) is 84.2 cm³/mol.